The van der Waals surface area contributed by atoms with Crippen LogP contribution in [0.25, 0.3) is 0 Å². The van der Waals surface area contributed by atoms with Crippen LogP contribution in [0.5, 0.6) is 0 Å². The number of piperidine rings is 1. The van der Waals surface area contributed by atoms with Crippen molar-refractivity contribution in [3.63, 3.8) is 0 Å². The van der Waals surface area contributed by atoms with Gasteiger partial charge in [0.25, 0.3) is 0 Å². The first kappa shape index (κ1) is 24.4. The number of likely N-dealkylation sites (tertiary alicyclic amines) is 1. The number of hydrogen-bond acceptors (Lipinski definition) is 4. The summed E-state index contributed by atoms with van der Waals surface area (Å²) >= 11 is 0. The average Bonchev–Trinajstić information content (AvgIpc) is 3.19. The van der Waals surface area contributed by atoms with E-state index in [1.165, 1.54) is 12.5 Å². The van der Waals surface area contributed by atoms with Gasteiger partial charge in [0.1, 0.15) is 6.04 Å². The summed E-state index contributed by atoms with van der Waals surface area (Å²) in [5.41, 5.74) is 4.53. The van der Waals surface area contributed by atoms with Crippen LogP contribution in [0.2, 0.25) is 0 Å². The minimum Gasteiger partial charge on any atom is -0.371 e. The molecule has 9 heteroatoms. The van der Waals surface area contributed by atoms with Gasteiger partial charge in [0, 0.05) is 31.7 Å². The lowest BCUT2D eigenvalue weighted by atomic mass is 9.76. The molecule has 0 bridgehead atoms. The molecule has 1 aromatic carbocycles. The summed E-state index contributed by atoms with van der Waals surface area (Å²) in [4.78, 5) is 28.9. The van der Waals surface area contributed by atoms with Crippen LogP contribution in [-0.4, -0.2) is 42.4 Å². The molecular formula is C25H31F3N4O2. The Labute approximate surface area is 197 Å². The summed E-state index contributed by atoms with van der Waals surface area (Å²) in [6.07, 6.45) is 3.27. The third-order valence-corrected chi connectivity index (χ3v) is 7.96. The van der Waals surface area contributed by atoms with Crippen molar-refractivity contribution in [3.05, 3.63) is 29.3 Å². The van der Waals surface area contributed by atoms with Gasteiger partial charge in [-0.3, -0.25) is 9.59 Å². The fourth-order valence-corrected chi connectivity index (χ4v) is 5.99. The van der Waals surface area contributed by atoms with Crippen LogP contribution < -0.4 is 10.6 Å². The van der Waals surface area contributed by atoms with Crippen molar-refractivity contribution in [2.45, 2.75) is 70.0 Å². The van der Waals surface area contributed by atoms with Crippen LogP contribution in [0, 0.1) is 22.7 Å². The summed E-state index contributed by atoms with van der Waals surface area (Å²) in [5.74, 6) is -0.123. The van der Waals surface area contributed by atoms with Crippen LogP contribution in [-0.2, 0) is 15.8 Å². The summed E-state index contributed by atoms with van der Waals surface area (Å²) in [5, 5.41) is 9.03. The van der Waals surface area contributed by atoms with Crippen molar-refractivity contribution in [1.29, 1.82) is 5.26 Å². The first-order valence-corrected chi connectivity index (χ1v) is 12.1. The highest BCUT2D eigenvalue weighted by molar-refractivity contribution is 5.87. The summed E-state index contributed by atoms with van der Waals surface area (Å²) in [6, 6.07) is 4.80. The molecule has 3 fully saturated rings. The lowest BCUT2D eigenvalue weighted by Crippen LogP contribution is -2.45. The Morgan fingerprint density at radius 1 is 1.15 bits per heavy atom. The highest BCUT2D eigenvalue weighted by Gasteiger charge is 2.49. The second-order valence-corrected chi connectivity index (χ2v) is 10.2. The van der Waals surface area contributed by atoms with E-state index in [9.17, 15) is 22.8 Å². The standard InChI is InChI=1S/C25H31F3N4O2/c26-25(27,28)20-13-19(7-6-18(20)15-29)31-10-8-24(9-11-31)14-21(23(30)34)32(16-24)22(33)12-17-4-2-1-3-5-17/h6-7,13,17,21H,1-5,8-12,14,16H2,(H2,30,34). The van der Waals surface area contributed by atoms with E-state index in [2.05, 4.69) is 0 Å². The molecule has 0 radical (unpaired) electrons. The molecule has 2 N–H and O–H groups in total. The third kappa shape index (κ3) is 5.01. The molecule has 4 rings (SSSR count). The Bertz CT molecular complexity index is 973. The number of alkyl halides is 3. The van der Waals surface area contributed by atoms with Gasteiger partial charge in [-0.05, 0) is 61.6 Å². The summed E-state index contributed by atoms with van der Waals surface area (Å²) < 4.78 is 40.1. The van der Waals surface area contributed by atoms with Crippen LogP contribution >= 0.6 is 0 Å². The van der Waals surface area contributed by atoms with Gasteiger partial charge >= 0.3 is 6.18 Å². The number of benzene rings is 1. The largest absolute Gasteiger partial charge is 0.417 e. The predicted octanol–water partition coefficient (Wildman–Crippen LogP) is 4.22. The Balaban J connectivity index is 1.44. The Morgan fingerprint density at radius 3 is 2.41 bits per heavy atom. The third-order valence-electron chi connectivity index (χ3n) is 7.96. The Kier molecular flexibility index (Phi) is 6.79. The first-order chi connectivity index (χ1) is 16.1. The molecule has 2 amide bonds. The van der Waals surface area contributed by atoms with Gasteiger partial charge in [0.2, 0.25) is 11.8 Å². The molecule has 184 valence electrons. The number of amides is 2. The SMILES string of the molecule is N#Cc1ccc(N2CCC3(CC2)CC(C(N)=O)N(C(=O)CC2CCCCC2)C3)cc1C(F)(F)F. The average molecular weight is 477 g/mol. The number of nitrogens with two attached hydrogens (primary N) is 1. The van der Waals surface area contributed by atoms with Crippen molar-refractivity contribution in [3.8, 4) is 6.07 Å². The topological polar surface area (TPSA) is 90.4 Å². The number of nitriles is 1. The zero-order valence-corrected chi connectivity index (χ0v) is 19.2. The number of nitrogens with zero attached hydrogens (tertiary/aromatic N) is 3. The Morgan fingerprint density at radius 2 is 1.82 bits per heavy atom. The lowest BCUT2D eigenvalue weighted by Gasteiger charge is -2.40. The molecule has 1 aromatic rings. The molecule has 2 saturated heterocycles. The van der Waals surface area contributed by atoms with Gasteiger partial charge in [0.05, 0.1) is 17.2 Å². The van der Waals surface area contributed by atoms with E-state index < -0.39 is 29.3 Å². The zero-order chi connectivity index (χ0) is 24.5. The number of primary amides is 1. The van der Waals surface area contributed by atoms with Crippen LogP contribution in [0.4, 0.5) is 18.9 Å². The normalized spacial score (nSPS) is 23.2. The number of carbonyl (C=O) groups is 2. The molecule has 3 aliphatic rings. The maximum Gasteiger partial charge on any atom is 0.417 e. The monoisotopic (exact) mass is 476 g/mol. The number of anilines is 1. The number of rotatable bonds is 4. The maximum atomic E-state index is 13.4. The van der Waals surface area contributed by atoms with Gasteiger partial charge in [0.15, 0.2) is 0 Å². The molecule has 2 heterocycles. The summed E-state index contributed by atoms with van der Waals surface area (Å²) in [6.45, 7) is 1.50. The van der Waals surface area contributed by atoms with Crippen molar-refractivity contribution in [1.82, 2.24) is 4.90 Å². The molecule has 1 aliphatic carbocycles. The van der Waals surface area contributed by atoms with E-state index in [0.29, 0.717) is 56.9 Å². The maximum absolute atomic E-state index is 13.4. The quantitative estimate of drug-likeness (QED) is 0.705. The van der Waals surface area contributed by atoms with Crippen molar-refractivity contribution in [2.24, 2.45) is 17.1 Å². The van der Waals surface area contributed by atoms with Crippen molar-refractivity contribution >= 4 is 17.5 Å². The predicted molar refractivity (Wildman–Crippen MR) is 121 cm³/mol. The van der Waals surface area contributed by atoms with Gasteiger partial charge in [-0.15, -0.1) is 0 Å². The van der Waals surface area contributed by atoms with E-state index in [1.54, 1.807) is 17.0 Å². The molecule has 1 spiro atoms. The minimum absolute atomic E-state index is 0.00286. The van der Waals surface area contributed by atoms with Gasteiger partial charge < -0.3 is 15.5 Å². The van der Waals surface area contributed by atoms with E-state index >= 15 is 0 Å². The second-order valence-electron chi connectivity index (χ2n) is 10.2. The fourth-order valence-electron chi connectivity index (χ4n) is 5.99. The Hall–Kier alpha value is -2.76. The van der Waals surface area contributed by atoms with Gasteiger partial charge in [-0.1, -0.05) is 19.3 Å². The van der Waals surface area contributed by atoms with E-state index in [0.717, 1.165) is 31.7 Å². The van der Waals surface area contributed by atoms with Crippen LogP contribution in [0.1, 0.15) is 68.9 Å². The molecule has 1 saturated carbocycles. The minimum atomic E-state index is -4.60. The molecular weight excluding hydrogens is 445 g/mol. The summed E-state index contributed by atoms with van der Waals surface area (Å²) in [7, 11) is 0. The number of hydrogen-bond donors (Lipinski definition) is 1. The smallest absolute Gasteiger partial charge is 0.371 e. The second kappa shape index (κ2) is 9.47. The van der Waals surface area contributed by atoms with Crippen molar-refractivity contribution < 1.29 is 22.8 Å². The molecule has 0 aromatic heterocycles. The van der Waals surface area contributed by atoms with Crippen molar-refractivity contribution in [2.75, 3.05) is 24.5 Å². The van der Waals surface area contributed by atoms with E-state index in [4.69, 9.17) is 11.0 Å². The molecule has 1 atom stereocenters. The van der Waals surface area contributed by atoms with Gasteiger partial charge in [-0.2, -0.15) is 18.4 Å². The molecule has 6 nitrogen and oxygen atoms in total. The van der Waals surface area contributed by atoms with Crippen LogP contribution in [0.15, 0.2) is 18.2 Å². The first-order valence-electron chi connectivity index (χ1n) is 12.1. The fraction of sp³-hybridized carbons (Fsp3) is 0.640. The molecule has 2 aliphatic heterocycles. The molecule has 1 unspecified atom stereocenters. The highest BCUT2D eigenvalue weighted by Crippen LogP contribution is 2.45. The zero-order valence-electron chi connectivity index (χ0n) is 19.2. The van der Waals surface area contributed by atoms with Gasteiger partial charge in [-0.25, -0.2) is 0 Å². The van der Waals surface area contributed by atoms with E-state index in [-0.39, 0.29) is 11.3 Å². The number of halogens is 3. The highest BCUT2D eigenvalue weighted by atomic mass is 19.4. The number of carbonyl (C=O) groups excluding carboxylic acids is 2. The molecule has 34 heavy (non-hydrogen) atoms. The van der Waals surface area contributed by atoms with E-state index in [1.807, 2.05) is 4.90 Å². The lowest BCUT2D eigenvalue weighted by molar-refractivity contribution is -0.138. The van der Waals surface area contributed by atoms with Crippen LogP contribution in [0.3, 0.4) is 0 Å².